The van der Waals surface area contributed by atoms with Crippen molar-refractivity contribution in [3.05, 3.63) is 69.2 Å². The first-order valence-corrected chi connectivity index (χ1v) is 11.2. The Morgan fingerprint density at radius 1 is 1.07 bits per heavy atom. The summed E-state index contributed by atoms with van der Waals surface area (Å²) in [5, 5.41) is 2.63. The van der Waals surface area contributed by atoms with Crippen molar-refractivity contribution in [2.45, 2.75) is 32.7 Å². The van der Waals surface area contributed by atoms with Gasteiger partial charge in [-0.2, -0.15) is 5.01 Å². The number of carbonyl (C=O) groups excluding carboxylic acids is 3. The van der Waals surface area contributed by atoms with Crippen LogP contribution in [-0.4, -0.2) is 27.7 Å². The zero-order valence-electron chi connectivity index (χ0n) is 16.6. The fourth-order valence-electron chi connectivity index (χ4n) is 4.38. The summed E-state index contributed by atoms with van der Waals surface area (Å²) in [6.45, 7) is 2.20. The number of benzene rings is 2. The molecule has 1 aliphatic carbocycles. The first-order chi connectivity index (χ1) is 14.4. The van der Waals surface area contributed by atoms with E-state index in [1.807, 2.05) is 24.3 Å². The first-order valence-electron chi connectivity index (χ1n) is 10.1. The van der Waals surface area contributed by atoms with E-state index in [4.69, 9.17) is 11.6 Å². The molecular weight excluding hydrogens is 468 g/mol. The highest BCUT2D eigenvalue weighted by Crippen LogP contribution is 2.41. The van der Waals surface area contributed by atoms with Gasteiger partial charge < -0.3 is 0 Å². The fourth-order valence-corrected chi connectivity index (χ4v) is 4.86. The lowest BCUT2D eigenvalue weighted by molar-refractivity contribution is -0.155. The summed E-state index contributed by atoms with van der Waals surface area (Å²) < 4.78 is 0.906. The molecule has 0 bridgehead atoms. The highest BCUT2D eigenvalue weighted by atomic mass is 79.9. The molecule has 0 spiro atoms. The summed E-state index contributed by atoms with van der Waals surface area (Å²) in [4.78, 5) is 40.0. The number of rotatable bonds is 4. The van der Waals surface area contributed by atoms with Crippen LogP contribution in [0.1, 0.15) is 42.1 Å². The van der Waals surface area contributed by atoms with Gasteiger partial charge in [-0.3, -0.25) is 14.4 Å². The lowest BCUT2D eigenvalue weighted by Gasteiger charge is -2.31. The molecule has 4 rings (SSSR count). The molecule has 1 aliphatic heterocycles. The molecule has 156 valence electrons. The summed E-state index contributed by atoms with van der Waals surface area (Å²) in [7, 11) is 0. The molecule has 2 fully saturated rings. The molecular formula is C23H22BrClN2O3. The van der Waals surface area contributed by atoms with Crippen molar-refractivity contribution in [1.29, 1.82) is 0 Å². The Morgan fingerprint density at radius 3 is 2.43 bits per heavy atom. The number of imide groups is 1. The second-order valence-electron chi connectivity index (χ2n) is 8.09. The monoisotopic (exact) mass is 488 g/mol. The van der Waals surface area contributed by atoms with Crippen molar-refractivity contribution < 1.29 is 14.4 Å². The van der Waals surface area contributed by atoms with Crippen LogP contribution in [-0.2, 0) is 16.1 Å². The predicted octanol–water partition coefficient (Wildman–Crippen LogP) is 5.08. The van der Waals surface area contributed by atoms with Crippen LogP contribution < -0.4 is 0 Å². The number of halogens is 2. The van der Waals surface area contributed by atoms with Gasteiger partial charge in [0, 0.05) is 4.47 Å². The summed E-state index contributed by atoms with van der Waals surface area (Å²) >= 11 is 9.67. The van der Waals surface area contributed by atoms with E-state index in [0.717, 1.165) is 21.5 Å². The van der Waals surface area contributed by atoms with Gasteiger partial charge >= 0.3 is 0 Å². The number of amides is 3. The summed E-state index contributed by atoms with van der Waals surface area (Å²) in [5.41, 5.74) is 1.07. The molecule has 1 saturated carbocycles. The molecule has 1 saturated heterocycles. The molecule has 0 unspecified atom stereocenters. The van der Waals surface area contributed by atoms with Crippen LogP contribution in [0.4, 0.5) is 0 Å². The van der Waals surface area contributed by atoms with Gasteiger partial charge in [-0.1, -0.05) is 58.7 Å². The van der Waals surface area contributed by atoms with Crippen molar-refractivity contribution in [3.63, 3.8) is 0 Å². The SMILES string of the molecule is C[C@@H]1CC[C@@H]2C(=O)N(N(Cc3ccc(Br)cc3)C(=O)c3ccccc3Cl)C(=O)[C@H]2C1. The van der Waals surface area contributed by atoms with Gasteiger partial charge in [0.1, 0.15) is 0 Å². The third kappa shape index (κ3) is 3.91. The molecule has 2 aromatic carbocycles. The van der Waals surface area contributed by atoms with E-state index in [2.05, 4.69) is 22.9 Å². The number of fused-ring (bicyclic) bond motifs is 1. The molecule has 7 heteroatoms. The molecule has 2 aliphatic rings. The minimum Gasteiger partial charge on any atom is -0.272 e. The molecule has 3 amide bonds. The summed E-state index contributed by atoms with van der Waals surface area (Å²) in [5.74, 6) is -1.34. The van der Waals surface area contributed by atoms with Crippen molar-refractivity contribution in [3.8, 4) is 0 Å². The molecule has 1 heterocycles. The van der Waals surface area contributed by atoms with Crippen LogP contribution in [0, 0.1) is 17.8 Å². The van der Waals surface area contributed by atoms with Gasteiger partial charge in [-0.15, -0.1) is 0 Å². The Hall–Kier alpha value is -2.18. The molecule has 5 nitrogen and oxygen atoms in total. The minimum atomic E-state index is -0.461. The number of hydrogen-bond acceptors (Lipinski definition) is 3. The van der Waals surface area contributed by atoms with Gasteiger partial charge in [-0.05, 0) is 55.0 Å². The Morgan fingerprint density at radius 2 is 1.73 bits per heavy atom. The van der Waals surface area contributed by atoms with Gasteiger partial charge in [0.05, 0.1) is 29.0 Å². The number of hydrazine groups is 1. The molecule has 0 aromatic heterocycles. The van der Waals surface area contributed by atoms with Crippen molar-refractivity contribution in [1.82, 2.24) is 10.0 Å². The quantitative estimate of drug-likeness (QED) is 0.563. The second-order valence-corrected chi connectivity index (χ2v) is 9.41. The van der Waals surface area contributed by atoms with Crippen molar-refractivity contribution in [2.24, 2.45) is 17.8 Å². The first kappa shape index (κ1) is 21.1. The predicted molar refractivity (Wildman–Crippen MR) is 117 cm³/mol. The summed E-state index contributed by atoms with van der Waals surface area (Å²) in [6, 6.07) is 14.1. The van der Waals surface area contributed by atoms with Crippen LogP contribution in [0.25, 0.3) is 0 Å². The average molecular weight is 490 g/mol. The fraction of sp³-hybridized carbons (Fsp3) is 0.348. The summed E-state index contributed by atoms with van der Waals surface area (Å²) in [6.07, 6.45) is 2.27. The highest BCUT2D eigenvalue weighted by molar-refractivity contribution is 9.10. The number of hydrogen-bond donors (Lipinski definition) is 0. The molecule has 3 atom stereocenters. The van der Waals surface area contributed by atoms with Crippen LogP contribution in [0.15, 0.2) is 53.0 Å². The van der Waals surface area contributed by atoms with Gasteiger partial charge in [0.25, 0.3) is 17.7 Å². The van der Waals surface area contributed by atoms with E-state index in [1.165, 1.54) is 5.01 Å². The lowest BCUT2D eigenvalue weighted by atomic mass is 9.76. The van der Waals surface area contributed by atoms with E-state index >= 15 is 0 Å². The third-order valence-corrected chi connectivity index (χ3v) is 6.85. The normalized spacial score (nSPS) is 23.4. The molecule has 2 aromatic rings. The Kier molecular flexibility index (Phi) is 5.98. The van der Waals surface area contributed by atoms with E-state index in [9.17, 15) is 14.4 Å². The van der Waals surface area contributed by atoms with E-state index in [1.54, 1.807) is 24.3 Å². The van der Waals surface area contributed by atoms with Gasteiger partial charge in [0.2, 0.25) is 0 Å². The minimum absolute atomic E-state index is 0.101. The number of nitrogens with zero attached hydrogens (tertiary/aromatic N) is 2. The Bertz CT molecular complexity index is 994. The Balaban J connectivity index is 1.72. The second kappa shape index (κ2) is 8.52. The largest absolute Gasteiger partial charge is 0.274 e. The van der Waals surface area contributed by atoms with E-state index < -0.39 is 5.91 Å². The van der Waals surface area contributed by atoms with E-state index in [0.29, 0.717) is 18.8 Å². The molecule has 30 heavy (non-hydrogen) atoms. The maximum atomic E-state index is 13.5. The topological polar surface area (TPSA) is 57.7 Å². The third-order valence-electron chi connectivity index (χ3n) is 5.99. The van der Waals surface area contributed by atoms with Gasteiger partial charge in [0.15, 0.2) is 0 Å². The van der Waals surface area contributed by atoms with Crippen LogP contribution >= 0.6 is 27.5 Å². The Labute approximate surface area is 189 Å². The lowest BCUT2D eigenvalue weighted by Crippen LogP contribution is -2.49. The maximum Gasteiger partial charge on any atom is 0.274 e. The van der Waals surface area contributed by atoms with E-state index in [-0.39, 0.29) is 40.8 Å². The van der Waals surface area contributed by atoms with Gasteiger partial charge in [-0.25, -0.2) is 5.01 Å². The molecule has 0 N–H and O–H groups in total. The average Bonchev–Trinajstić information content (AvgIpc) is 2.97. The van der Waals surface area contributed by atoms with Crippen LogP contribution in [0.3, 0.4) is 0 Å². The zero-order chi connectivity index (χ0) is 21.4. The zero-order valence-corrected chi connectivity index (χ0v) is 18.9. The van der Waals surface area contributed by atoms with Crippen LogP contribution in [0.2, 0.25) is 5.02 Å². The van der Waals surface area contributed by atoms with Crippen LogP contribution in [0.5, 0.6) is 0 Å². The maximum absolute atomic E-state index is 13.5. The number of carbonyl (C=O) groups is 3. The van der Waals surface area contributed by atoms with Crippen molar-refractivity contribution >= 4 is 45.3 Å². The smallest absolute Gasteiger partial charge is 0.272 e. The standard InChI is InChI=1S/C23H22BrClN2O3/c1-14-6-11-17-19(12-14)23(30)27(22(17)29)26(13-15-7-9-16(24)10-8-15)21(28)18-4-2-3-5-20(18)25/h2-5,7-10,14,17,19H,6,11-13H2,1H3/t14-,17+,19+/m1/s1. The van der Waals surface area contributed by atoms with Crippen molar-refractivity contribution in [2.75, 3.05) is 0 Å². The molecule has 0 radical (unpaired) electrons. The highest BCUT2D eigenvalue weighted by Gasteiger charge is 2.52.